The molecule has 3 rings (SSSR count). The van der Waals surface area contributed by atoms with Crippen LogP contribution in [0, 0.1) is 0 Å². The standard InChI is InChI=1S/C35H62O6/c1-3-4-5-6-9-14-17-20-31(37)32-23-24-34(41-32)33-22-21-30(40-33)19-16-13-11-8-7-10-12-15-18-29(36)26-28-25-27(2)39-35(28)38/h25,27,29-34,36-37H,3-24,26H2,1-2H3/t27-,29-,30+,31-,32-,33+,34+/m0/s1. The van der Waals surface area contributed by atoms with Crippen molar-refractivity contribution in [2.24, 2.45) is 0 Å². The predicted molar refractivity (Wildman–Crippen MR) is 165 cm³/mol. The highest BCUT2D eigenvalue weighted by molar-refractivity contribution is 5.90. The fraction of sp³-hybridized carbons (Fsp3) is 0.914. The van der Waals surface area contributed by atoms with Crippen molar-refractivity contribution >= 4 is 5.97 Å². The molecule has 0 aliphatic carbocycles. The summed E-state index contributed by atoms with van der Waals surface area (Å²) >= 11 is 0. The van der Waals surface area contributed by atoms with Crippen molar-refractivity contribution in [2.45, 2.75) is 204 Å². The number of carbonyl (C=O) groups is 1. The summed E-state index contributed by atoms with van der Waals surface area (Å²) in [4.78, 5) is 11.7. The van der Waals surface area contributed by atoms with Gasteiger partial charge in [0, 0.05) is 12.0 Å². The maximum absolute atomic E-state index is 11.7. The SMILES string of the molecule is CCCCCCCCC[C@H](O)[C@@H]1CC[C@H]([C@H]2CC[C@@H](CCCCCCCCCC[C@H](O)CC3=C[C@H](C)OC3=O)O2)O1. The molecule has 6 nitrogen and oxygen atoms in total. The highest BCUT2D eigenvalue weighted by Gasteiger charge is 2.39. The molecule has 41 heavy (non-hydrogen) atoms. The topological polar surface area (TPSA) is 85.2 Å². The van der Waals surface area contributed by atoms with Crippen LogP contribution in [0.15, 0.2) is 11.6 Å². The Labute approximate surface area is 251 Å². The maximum atomic E-state index is 11.7. The minimum Gasteiger partial charge on any atom is -0.455 e. The zero-order valence-electron chi connectivity index (χ0n) is 26.4. The van der Waals surface area contributed by atoms with Gasteiger partial charge in [0.2, 0.25) is 0 Å². The first-order valence-electron chi connectivity index (χ1n) is 17.5. The van der Waals surface area contributed by atoms with Crippen LogP contribution in [0.2, 0.25) is 0 Å². The molecule has 0 aromatic carbocycles. The number of ether oxygens (including phenoxy) is 3. The molecule has 0 bridgehead atoms. The second-order valence-corrected chi connectivity index (χ2v) is 13.2. The highest BCUT2D eigenvalue weighted by Crippen LogP contribution is 2.34. The van der Waals surface area contributed by atoms with Crippen LogP contribution in [-0.4, -0.2) is 58.9 Å². The molecule has 3 heterocycles. The molecule has 2 saturated heterocycles. The number of aliphatic hydroxyl groups excluding tert-OH is 2. The number of hydrogen-bond donors (Lipinski definition) is 2. The average Bonchev–Trinajstić information content (AvgIpc) is 3.69. The summed E-state index contributed by atoms with van der Waals surface area (Å²) in [6, 6.07) is 0. The molecule has 0 aromatic rings. The summed E-state index contributed by atoms with van der Waals surface area (Å²) in [5.41, 5.74) is 0.633. The van der Waals surface area contributed by atoms with Crippen molar-refractivity contribution in [2.75, 3.05) is 0 Å². The Morgan fingerprint density at radius 2 is 1.34 bits per heavy atom. The van der Waals surface area contributed by atoms with E-state index in [-0.39, 0.29) is 36.5 Å². The lowest BCUT2D eigenvalue weighted by Gasteiger charge is -2.23. The van der Waals surface area contributed by atoms with E-state index >= 15 is 0 Å². The molecule has 7 atom stereocenters. The zero-order valence-corrected chi connectivity index (χ0v) is 26.4. The lowest BCUT2D eigenvalue weighted by atomic mass is 10.0. The second kappa shape index (κ2) is 20.1. The Hall–Kier alpha value is -0.950. The Morgan fingerprint density at radius 1 is 0.756 bits per heavy atom. The molecule has 0 spiro atoms. The van der Waals surface area contributed by atoms with E-state index in [9.17, 15) is 15.0 Å². The van der Waals surface area contributed by atoms with Crippen molar-refractivity contribution in [1.29, 1.82) is 0 Å². The third-order valence-corrected chi connectivity index (χ3v) is 9.43. The first-order valence-corrected chi connectivity index (χ1v) is 17.5. The molecule has 0 amide bonds. The molecule has 0 aromatic heterocycles. The van der Waals surface area contributed by atoms with Gasteiger partial charge in [-0.2, -0.15) is 0 Å². The summed E-state index contributed by atoms with van der Waals surface area (Å²) in [5.74, 6) is -0.267. The van der Waals surface area contributed by atoms with Crippen LogP contribution in [0.3, 0.4) is 0 Å². The first kappa shape index (κ1) is 34.5. The molecule has 0 unspecified atom stereocenters. The van der Waals surface area contributed by atoms with Gasteiger partial charge in [0.25, 0.3) is 0 Å². The lowest BCUT2D eigenvalue weighted by Crippen LogP contribution is -2.31. The number of cyclic esters (lactones) is 1. The van der Waals surface area contributed by atoms with Crippen molar-refractivity contribution in [1.82, 2.24) is 0 Å². The summed E-state index contributed by atoms with van der Waals surface area (Å²) in [6.07, 6.45) is 27.9. The number of carbonyl (C=O) groups excluding carboxylic acids is 1. The van der Waals surface area contributed by atoms with E-state index in [1.807, 2.05) is 13.0 Å². The molecule has 3 aliphatic rings. The molecule has 238 valence electrons. The van der Waals surface area contributed by atoms with E-state index < -0.39 is 6.10 Å². The minimum absolute atomic E-state index is 0.00656. The van der Waals surface area contributed by atoms with Gasteiger partial charge in [-0.3, -0.25) is 0 Å². The number of unbranched alkanes of at least 4 members (excludes halogenated alkanes) is 13. The van der Waals surface area contributed by atoms with Crippen molar-refractivity contribution in [3.05, 3.63) is 11.6 Å². The number of hydrogen-bond acceptors (Lipinski definition) is 6. The molecule has 2 N–H and O–H groups in total. The molecule has 2 fully saturated rings. The van der Waals surface area contributed by atoms with Crippen LogP contribution in [0.5, 0.6) is 0 Å². The van der Waals surface area contributed by atoms with E-state index in [2.05, 4.69) is 6.92 Å². The second-order valence-electron chi connectivity index (χ2n) is 13.2. The maximum Gasteiger partial charge on any atom is 0.334 e. The average molecular weight is 579 g/mol. The van der Waals surface area contributed by atoms with Crippen molar-refractivity contribution < 1.29 is 29.2 Å². The van der Waals surface area contributed by atoms with Crippen molar-refractivity contribution in [3.63, 3.8) is 0 Å². The normalized spacial score (nSPS) is 27.8. The van der Waals surface area contributed by atoms with Gasteiger partial charge >= 0.3 is 5.97 Å². The lowest BCUT2D eigenvalue weighted by molar-refractivity contribution is -0.139. The van der Waals surface area contributed by atoms with E-state index in [4.69, 9.17) is 14.2 Å². The van der Waals surface area contributed by atoms with E-state index in [1.54, 1.807) is 0 Å². The van der Waals surface area contributed by atoms with Gasteiger partial charge in [0.05, 0.1) is 36.6 Å². The van der Waals surface area contributed by atoms with E-state index in [0.717, 1.165) is 64.2 Å². The smallest absolute Gasteiger partial charge is 0.334 e. The molecule has 0 saturated carbocycles. The van der Waals surface area contributed by atoms with Crippen LogP contribution < -0.4 is 0 Å². The van der Waals surface area contributed by atoms with Crippen LogP contribution in [0.4, 0.5) is 0 Å². The summed E-state index contributed by atoms with van der Waals surface area (Å²) in [5, 5.41) is 20.8. The summed E-state index contributed by atoms with van der Waals surface area (Å²) < 4.78 is 17.8. The Kier molecular flexibility index (Phi) is 16.9. The van der Waals surface area contributed by atoms with Gasteiger partial charge in [0.15, 0.2) is 0 Å². The van der Waals surface area contributed by atoms with E-state index in [0.29, 0.717) is 18.1 Å². The zero-order chi connectivity index (χ0) is 29.3. The number of rotatable bonds is 23. The summed E-state index contributed by atoms with van der Waals surface area (Å²) in [7, 11) is 0. The molecule has 6 heteroatoms. The first-order chi connectivity index (χ1) is 20.0. The van der Waals surface area contributed by atoms with E-state index in [1.165, 1.54) is 77.0 Å². The quantitative estimate of drug-likeness (QED) is 0.0941. The Morgan fingerprint density at radius 3 is 2.00 bits per heavy atom. The van der Waals surface area contributed by atoms with Crippen LogP contribution in [0.25, 0.3) is 0 Å². The van der Waals surface area contributed by atoms with Crippen LogP contribution >= 0.6 is 0 Å². The molecule has 0 radical (unpaired) electrons. The predicted octanol–water partition coefficient (Wildman–Crippen LogP) is 8.11. The number of esters is 1. The highest BCUT2D eigenvalue weighted by atomic mass is 16.6. The van der Waals surface area contributed by atoms with Crippen molar-refractivity contribution in [3.8, 4) is 0 Å². The monoisotopic (exact) mass is 578 g/mol. The molecular weight excluding hydrogens is 516 g/mol. The van der Waals surface area contributed by atoms with Gasteiger partial charge in [-0.25, -0.2) is 4.79 Å². The minimum atomic E-state index is -0.440. The largest absolute Gasteiger partial charge is 0.455 e. The van der Waals surface area contributed by atoms with Gasteiger partial charge in [-0.05, 0) is 57.9 Å². The van der Waals surface area contributed by atoms with Gasteiger partial charge in [0.1, 0.15) is 6.10 Å². The third kappa shape index (κ3) is 13.5. The fourth-order valence-electron chi connectivity index (χ4n) is 6.91. The Balaban J connectivity index is 1.11. The van der Waals surface area contributed by atoms with Crippen LogP contribution in [-0.2, 0) is 19.0 Å². The fourth-order valence-corrected chi connectivity index (χ4v) is 6.91. The third-order valence-electron chi connectivity index (χ3n) is 9.43. The summed E-state index contributed by atoms with van der Waals surface area (Å²) in [6.45, 7) is 4.10. The van der Waals surface area contributed by atoms with Crippen LogP contribution in [0.1, 0.15) is 162 Å². The van der Waals surface area contributed by atoms with Gasteiger partial charge in [-0.15, -0.1) is 0 Å². The van der Waals surface area contributed by atoms with Gasteiger partial charge < -0.3 is 24.4 Å². The number of aliphatic hydroxyl groups is 2. The Bertz CT molecular complexity index is 738. The molecule has 3 aliphatic heterocycles. The molecular formula is C35H62O6. The van der Waals surface area contributed by atoms with Gasteiger partial charge in [-0.1, -0.05) is 103 Å².